The van der Waals surface area contributed by atoms with Gasteiger partial charge in [0.2, 0.25) is 0 Å². The predicted molar refractivity (Wildman–Crippen MR) is 86.6 cm³/mol. The van der Waals surface area contributed by atoms with E-state index in [0.717, 1.165) is 24.3 Å². The zero-order valence-electron chi connectivity index (χ0n) is 12.9. The van der Waals surface area contributed by atoms with Gasteiger partial charge in [0, 0.05) is 31.0 Å². The molecular formula is C16H23N3O2. The molecule has 5 heteroatoms. The predicted octanol–water partition coefficient (Wildman–Crippen LogP) is 2.08. The molecule has 0 saturated carbocycles. The van der Waals surface area contributed by atoms with Crippen LogP contribution in [0.2, 0.25) is 0 Å². The van der Waals surface area contributed by atoms with Crippen molar-refractivity contribution in [3.63, 3.8) is 0 Å². The van der Waals surface area contributed by atoms with E-state index >= 15 is 0 Å². The minimum Gasteiger partial charge on any atom is -0.372 e. The Labute approximate surface area is 126 Å². The molecule has 1 aromatic rings. The quantitative estimate of drug-likeness (QED) is 0.622. The number of carbonyl (C=O) groups excluding carboxylic acids is 2. The van der Waals surface area contributed by atoms with Crippen molar-refractivity contribution in [1.29, 1.82) is 0 Å². The molecule has 1 rings (SSSR count). The van der Waals surface area contributed by atoms with Gasteiger partial charge in [-0.15, -0.1) is 6.58 Å². The molecule has 0 radical (unpaired) electrons. The zero-order valence-corrected chi connectivity index (χ0v) is 12.9. The average Bonchev–Trinajstić information content (AvgIpc) is 2.48. The molecule has 0 aliphatic rings. The number of nitrogens with zero attached hydrogens (tertiary/aromatic N) is 1. The maximum Gasteiger partial charge on any atom is 0.313 e. The van der Waals surface area contributed by atoms with Crippen molar-refractivity contribution in [2.24, 2.45) is 0 Å². The van der Waals surface area contributed by atoms with Crippen LogP contribution in [-0.4, -0.2) is 31.4 Å². The van der Waals surface area contributed by atoms with Crippen LogP contribution in [0.25, 0.3) is 0 Å². The van der Waals surface area contributed by atoms with Crippen LogP contribution < -0.4 is 15.5 Å². The summed E-state index contributed by atoms with van der Waals surface area (Å²) in [6, 6.07) is 5.77. The summed E-state index contributed by atoms with van der Waals surface area (Å²) in [5.41, 5.74) is 2.67. The average molecular weight is 289 g/mol. The van der Waals surface area contributed by atoms with E-state index in [4.69, 9.17) is 0 Å². The lowest BCUT2D eigenvalue weighted by Crippen LogP contribution is -2.35. The van der Waals surface area contributed by atoms with Gasteiger partial charge < -0.3 is 15.5 Å². The molecule has 0 aliphatic carbocycles. The number of carbonyl (C=O) groups is 2. The van der Waals surface area contributed by atoms with Gasteiger partial charge in [-0.05, 0) is 44.5 Å². The number of anilines is 2. The molecule has 0 bridgehead atoms. The van der Waals surface area contributed by atoms with Crippen LogP contribution in [0.3, 0.4) is 0 Å². The van der Waals surface area contributed by atoms with Crippen molar-refractivity contribution in [2.75, 3.05) is 29.9 Å². The van der Waals surface area contributed by atoms with E-state index < -0.39 is 11.8 Å². The smallest absolute Gasteiger partial charge is 0.313 e. The molecule has 2 N–H and O–H groups in total. The van der Waals surface area contributed by atoms with E-state index in [1.165, 1.54) is 6.08 Å². The number of benzene rings is 1. The fraction of sp³-hybridized carbons (Fsp3) is 0.375. The van der Waals surface area contributed by atoms with E-state index in [1.54, 1.807) is 0 Å². The van der Waals surface area contributed by atoms with E-state index in [9.17, 15) is 9.59 Å². The number of aryl methyl sites for hydroxylation is 1. The zero-order chi connectivity index (χ0) is 15.8. The maximum absolute atomic E-state index is 11.7. The molecule has 5 nitrogen and oxygen atoms in total. The van der Waals surface area contributed by atoms with E-state index in [0.29, 0.717) is 5.69 Å². The topological polar surface area (TPSA) is 61.4 Å². The number of rotatable bonds is 6. The van der Waals surface area contributed by atoms with Gasteiger partial charge in [-0.25, -0.2) is 0 Å². The molecular weight excluding hydrogens is 266 g/mol. The van der Waals surface area contributed by atoms with Crippen LogP contribution in [0, 0.1) is 6.92 Å². The van der Waals surface area contributed by atoms with Crippen molar-refractivity contribution in [2.45, 2.75) is 20.8 Å². The van der Waals surface area contributed by atoms with Gasteiger partial charge in [-0.3, -0.25) is 9.59 Å². The molecule has 0 heterocycles. The minimum absolute atomic E-state index is 0.270. The largest absolute Gasteiger partial charge is 0.372 e. The van der Waals surface area contributed by atoms with Gasteiger partial charge in [0.05, 0.1) is 0 Å². The highest BCUT2D eigenvalue weighted by Crippen LogP contribution is 2.22. The van der Waals surface area contributed by atoms with Gasteiger partial charge in [-0.2, -0.15) is 0 Å². The molecule has 21 heavy (non-hydrogen) atoms. The van der Waals surface area contributed by atoms with Crippen LogP contribution in [0.5, 0.6) is 0 Å². The number of nitrogens with one attached hydrogen (secondary N) is 2. The van der Waals surface area contributed by atoms with Gasteiger partial charge in [0.15, 0.2) is 0 Å². The first-order valence-corrected chi connectivity index (χ1v) is 7.09. The van der Waals surface area contributed by atoms with Gasteiger partial charge in [0.25, 0.3) is 0 Å². The molecule has 2 amide bonds. The third-order valence-electron chi connectivity index (χ3n) is 3.20. The minimum atomic E-state index is -0.671. The second kappa shape index (κ2) is 8.09. The molecule has 0 saturated heterocycles. The second-order valence-corrected chi connectivity index (χ2v) is 4.62. The molecule has 1 aromatic carbocycles. The van der Waals surface area contributed by atoms with Crippen molar-refractivity contribution in [1.82, 2.24) is 5.32 Å². The Morgan fingerprint density at radius 1 is 1.24 bits per heavy atom. The summed E-state index contributed by atoms with van der Waals surface area (Å²) in [6.45, 7) is 11.7. The van der Waals surface area contributed by atoms with Crippen molar-refractivity contribution >= 4 is 23.2 Å². The number of hydrogen-bond acceptors (Lipinski definition) is 3. The third-order valence-corrected chi connectivity index (χ3v) is 3.20. The Bertz CT molecular complexity index is 522. The van der Waals surface area contributed by atoms with Gasteiger partial charge in [-0.1, -0.05) is 6.08 Å². The maximum atomic E-state index is 11.7. The van der Waals surface area contributed by atoms with Crippen LogP contribution >= 0.6 is 0 Å². The highest BCUT2D eigenvalue weighted by Gasteiger charge is 2.14. The Hall–Kier alpha value is -2.30. The molecule has 114 valence electrons. The normalized spacial score (nSPS) is 9.86. The first-order valence-electron chi connectivity index (χ1n) is 7.09. The monoisotopic (exact) mass is 289 g/mol. The van der Waals surface area contributed by atoms with Gasteiger partial charge >= 0.3 is 11.8 Å². The first kappa shape index (κ1) is 16.8. The highest BCUT2D eigenvalue weighted by molar-refractivity contribution is 6.39. The van der Waals surface area contributed by atoms with E-state index in [1.807, 2.05) is 25.1 Å². The second-order valence-electron chi connectivity index (χ2n) is 4.62. The lowest BCUT2D eigenvalue weighted by atomic mass is 10.1. The van der Waals surface area contributed by atoms with E-state index in [2.05, 4.69) is 36.0 Å². The van der Waals surface area contributed by atoms with Crippen molar-refractivity contribution in [3.8, 4) is 0 Å². The fourth-order valence-electron chi connectivity index (χ4n) is 2.00. The first-order chi connectivity index (χ1) is 10.0. The van der Waals surface area contributed by atoms with Crippen LogP contribution in [0.1, 0.15) is 19.4 Å². The summed E-state index contributed by atoms with van der Waals surface area (Å²) in [6.07, 6.45) is 1.52. The Balaban J connectivity index is 2.79. The summed E-state index contributed by atoms with van der Waals surface area (Å²) < 4.78 is 0. The summed E-state index contributed by atoms with van der Waals surface area (Å²) in [7, 11) is 0. The molecule has 0 aromatic heterocycles. The summed E-state index contributed by atoms with van der Waals surface area (Å²) in [5, 5.41) is 5.06. The molecule has 0 aliphatic heterocycles. The standard InChI is InChI=1S/C16H23N3O2/c1-5-10-17-15(20)16(21)18-14-9-8-13(11-12(14)4)19(6-2)7-3/h5,8-9,11H,1,6-7,10H2,2-4H3,(H,17,20)(H,18,21). The van der Waals surface area contributed by atoms with E-state index in [-0.39, 0.29) is 6.54 Å². The van der Waals surface area contributed by atoms with Gasteiger partial charge in [0.1, 0.15) is 0 Å². The molecule has 0 spiro atoms. The van der Waals surface area contributed by atoms with Crippen molar-refractivity contribution in [3.05, 3.63) is 36.4 Å². The Morgan fingerprint density at radius 2 is 1.90 bits per heavy atom. The lowest BCUT2D eigenvalue weighted by Gasteiger charge is -2.22. The van der Waals surface area contributed by atoms with Crippen LogP contribution in [-0.2, 0) is 9.59 Å². The highest BCUT2D eigenvalue weighted by atomic mass is 16.2. The molecule has 0 atom stereocenters. The Morgan fingerprint density at radius 3 is 2.43 bits per heavy atom. The SMILES string of the molecule is C=CCNC(=O)C(=O)Nc1ccc(N(CC)CC)cc1C. The lowest BCUT2D eigenvalue weighted by molar-refractivity contribution is -0.136. The molecule has 0 fully saturated rings. The fourth-order valence-corrected chi connectivity index (χ4v) is 2.00. The number of amides is 2. The van der Waals surface area contributed by atoms with Crippen LogP contribution in [0.15, 0.2) is 30.9 Å². The summed E-state index contributed by atoms with van der Waals surface area (Å²) in [4.78, 5) is 25.5. The van der Waals surface area contributed by atoms with Crippen molar-refractivity contribution < 1.29 is 9.59 Å². The van der Waals surface area contributed by atoms with Crippen LogP contribution in [0.4, 0.5) is 11.4 Å². The summed E-state index contributed by atoms with van der Waals surface area (Å²) in [5.74, 6) is -1.34. The Kier molecular flexibility index (Phi) is 6.46. The number of hydrogen-bond donors (Lipinski definition) is 2. The molecule has 0 unspecified atom stereocenters. The summed E-state index contributed by atoms with van der Waals surface area (Å²) >= 11 is 0. The third kappa shape index (κ3) is 4.63.